The fraction of sp³-hybridized carbons (Fsp3) is 0.538. The molecule has 0 spiro atoms. The van der Waals surface area contributed by atoms with Crippen LogP contribution in [0.1, 0.15) is 41.0 Å². The van der Waals surface area contributed by atoms with E-state index in [1.165, 1.54) is 0 Å². The Morgan fingerprint density at radius 3 is 3.06 bits per heavy atom. The maximum Gasteiger partial charge on any atom is 0.275 e. The molecule has 0 fully saturated rings. The molecule has 0 radical (unpaired) electrons. The van der Waals surface area contributed by atoms with Crippen molar-refractivity contribution in [3.63, 3.8) is 0 Å². The summed E-state index contributed by atoms with van der Waals surface area (Å²) >= 11 is 0. The molecule has 0 unspecified atom stereocenters. The monoisotopic (exact) mass is 249 g/mol. The number of nitrogens with one attached hydrogen (secondary N) is 1. The first-order chi connectivity index (χ1) is 8.75. The molecule has 0 atom stereocenters. The van der Waals surface area contributed by atoms with Gasteiger partial charge in [-0.15, -0.1) is 0 Å². The van der Waals surface area contributed by atoms with Crippen LogP contribution in [0.15, 0.2) is 11.9 Å². The summed E-state index contributed by atoms with van der Waals surface area (Å²) < 4.78 is 13.2. The van der Waals surface area contributed by atoms with Gasteiger partial charge in [0.1, 0.15) is 5.83 Å². The van der Waals surface area contributed by atoms with Crippen LogP contribution < -0.4 is 0 Å². The second-order valence-corrected chi connectivity index (χ2v) is 4.90. The van der Waals surface area contributed by atoms with E-state index in [9.17, 15) is 9.18 Å². The van der Waals surface area contributed by atoms with E-state index in [-0.39, 0.29) is 18.3 Å². The maximum atomic E-state index is 13.2. The average molecular weight is 249 g/mol. The van der Waals surface area contributed by atoms with Gasteiger partial charge in [0.15, 0.2) is 5.69 Å². The number of aromatic nitrogens is 2. The highest BCUT2D eigenvalue weighted by molar-refractivity contribution is 5.94. The van der Waals surface area contributed by atoms with Gasteiger partial charge in [-0.25, -0.2) is 4.39 Å². The third-order valence-corrected chi connectivity index (χ3v) is 3.65. The van der Waals surface area contributed by atoms with Gasteiger partial charge in [-0.2, -0.15) is 5.10 Å². The highest BCUT2D eigenvalue weighted by atomic mass is 19.1. The number of H-pyrrole nitrogens is 1. The summed E-state index contributed by atoms with van der Waals surface area (Å²) in [6.07, 6.45) is 6.24. The van der Waals surface area contributed by atoms with Crippen LogP contribution in [-0.4, -0.2) is 34.1 Å². The fourth-order valence-corrected chi connectivity index (χ4v) is 2.68. The number of halogens is 1. The zero-order chi connectivity index (χ0) is 12.5. The second-order valence-electron chi connectivity index (χ2n) is 4.90. The van der Waals surface area contributed by atoms with Gasteiger partial charge in [-0.05, 0) is 38.2 Å². The molecule has 1 amide bonds. The molecular weight excluding hydrogens is 233 g/mol. The average Bonchev–Trinajstić information content (AvgIpc) is 2.82. The van der Waals surface area contributed by atoms with Crippen molar-refractivity contribution in [1.82, 2.24) is 15.1 Å². The summed E-state index contributed by atoms with van der Waals surface area (Å²) in [4.78, 5) is 13.9. The van der Waals surface area contributed by atoms with Gasteiger partial charge in [0, 0.05) is 17.8 Å². The van der Waals surface area contributed by atoms with Crippen LogP contribution in [0.4, 0.5) is 4.39 Å². The number of carbonyl (C=O) groups excluding carboxylic acids is 1. The van der Waals surface area contributed by atoms with E-state index in [1.807, 2.05) is 0 Å². The maximum absolute atomic E-state index is 13.2. The molecule has 0 bridgehead atoms. The summed E-state index contributed by atoms with van der Waals surface area (Å²) in [5, 5.41) is 7.09. The van der Waals surface area contributed by atoms with E-state index in [0.717, 1.165) is 36.9 Å². The van der Waals surface area contributed by atoms with Crippen molar-refractivity contribution in [1.29, 1.82) is 0 Å². The van der Waals surface area contributed by atoms with Crippen LogP contribution in [0, 0.1) is 0 Å². The molecule has 1 aliphatic carbocycles. The van der Waals surface area contributed by atoms with Crippen molar-refractivity contribution in [2.24, 2.45) is 0 Å². The smallest absolute Gasteiger partial charge is 0.275 e. The molecule has 2 heterocycles. The van der Waals surface area contributed by atoms with Gasteiger partial charge in [0.25, 0.3) is 5.91 Å². The minimum absolute atomic E-state index is 0.0838. The van der Waals surface area contributed by atoms with Gasteiger partial charge in [-0.1, -0.05) is 0 Å². The van der Waals surface area contributed by atoms with Crippen LogP contribution in [0.25, 0.3) is 0 Å². The van der Waals surface area contributed by atoms with Gasteiger partial charge in [0.2, 0.25) is 0 Å². The lowest BCUT2D eigenvalue weighted by Gasteiger charge is -2.24. The Bertz CT molecular complexity index is 506. The number of fused-ring (bicyclic) bond motifs is 1. The number of aromatic amines is 1. The lowest BCUT2D eigenvalue weighted by molar-refractivity contribution is 0.0748. The first-order valence-corrected chi connectivity index (χ1v) is 6.45. The van der Waals surface area contributed by atoms with E-state index in [0.29, 0.717) is 18.7 Å². The highest BCUT2D eigenvalue weighted by Gasteiger charge is 2.26. The normalized spacial score (nSPS) is 19.4. The molecule has 2 aliphatic rings. The molecule has 0 aromatic carbocycles. The number of hydrogen-bond donors (Lipinski definition) is 1. The summed E-state index contributed by atoms with van der Waals surface area (Å²) in [5.41, 5.74) is 2.62. The molecule has 1 aliphatic heterocycles. The number of carbonyl (C=O) groups is 1. The van der Waals surface area contributed by atoms with Crippen molar-refractivity contribution < 1.29 is 9.18 Å². The molecule has 18 heavy (non-hydrogen) atoms. The summed E-state index contributed by atoms with van der Waals surface area (Å²) in [6, 6.07) is 0. The molecule has 5 heteroatoms. The highest BCUT2D eigenvalue weighted by Crippen LogP contribution is 2.24. The molecule has 0 saturated carbocycles. The second kappa shape index (κ2) is 4.55. The third kappa shape index (κ3) is 1.94. The Morgan fingerprint density at radius 1 is 1.39 bits per heavy atom. The quantitative estimate of drug-likeness (QED) is 0.827. The van der Waals surface area contributed by atoms with Crippen LogP contribution >= 0.6 is 0 Å². The molecule has 96 valence electrons. The SMILES string of the molecule is O=C(c1n[nH]c2c1CCCC2)N1CCC=C(F)C1. The van der Waals surface area contributed by atoms with Crippen LogP contribution in [0.3, 0.4) is 0 Å². The van der Waals surface area contributed by atoms with Crippen molar-refractivity contribution >= 4 is 5.91 Å². The van der Waals surface area contributed by atoms with E-state index >= 15 is 0 Å². The fourth-order valence-electron chi connectivity index (χ4n) is 2.68. The van der Waals surface area contributed by atoms with Crippen molar-refractivity contribution in [2.75, 3.05) is 13.1 Å². The largest absolute Gasteiger partial charge is 0.330 e. The first-order valence-electron chi connectivity index (χ1n) is 6.45. The standard InChI is InChI=1S/C13H16FN3O/c14-9-4-3-7-17(8-9)13(18)12-10-5-1-2-6-11(10)15-16-12/h4H,1-3,5-8H2,(H,15,16). The minimum Gasteiger partial charge on any atom is -0.330 e. The molecule has 0 saturated heterocycles. The Balaban J connectivity index is 1.84. The van der Waals surface area contributed by atoms with Gasteiger partial charge >= 0.3 is 0 Å². The van der Waals surface area contributed by atoms with E-state index in [1.54, 1.807) is 11.0 Å². The van der Waals surface area contributed by atoms with E-state index < -0.39 is 0 Å². The molecular formula is C13H16FN3O. The zero-order valence-corrected chi connectivity index (χ0v) is 10.2. The minimum atomic E-state index is -0.223. The predicted octanol–water partition coefficient (Wildman–Crippen LogP) is 1.99. The van der Waals surface area contributed by atoms with E-state index in [4.69, 9.17) is 0 Å². The number of hydrogen-bond acceptors (Lipinski definition) is 2. The molecule has 1 N–H and O–H groups in total. The zero-order valence-electron chi connectivity index (χ0n) is 10.2. The molecule has 1 aromatic heterocycles. The summed E-state index contributed by atoms with van der Waals surface area (Å²) in [6.45, 7) is 0.661. The molecule has 4 nitrogen and oxygen atoms in total. The van der Waals surface area contributed by atoms with Crippen LogP contribution in [0.2, 0.25) is 0 Å². The molecule has 1 aromatic rings. The van der Waals surface area contributed by atoms with Gasteiger partial charge < -0.3 is 4.90 Å². The number of rotatable bonds is 1. The Kier molecular flexibility index (Phi) is 2.89. The number of aryl methyl sites for hydroxylation is 1. The first kappa shape index (κ1) is 11.4. The van der Waals surface area contributed by atoms with Gasteiger partial charge in [-0.3, -0.25) is 9.89 Å². The lowest BCUT2D eigenvalue weighted by atomic mass is 9.95. The predicted molar refractivity (Wildman–Crippen MR) is 64.9 cm³/mol. The Hall–Kier alpha value is -1.65. The lowest BCUT2D eigenvalue weighted by Crippen LogP contribution is -2.36. The third-order valence-electron chi connectivity index (χ3n) is 3.65. The van der Waals surface area contributed by atoms with Gasteiger partial charge in [0.05, 0.1) is 6.54 Å². The number of nitrogens with zero attached hydrogens (tertiary/aromatic N) is 2. The Morgan fingerprint density at radius 2 is 2.22 bits per heavy atom. The number of amides is 1. The van der Waals surface area contributed by atoms with Crippen molar-refractivity contribution in [2.45, 2.75) is 32.1 Å². The topological polar surface area (TPSA) is 49.0 Å². The Labute approximate surface area is 105 Å². The summed E-state index contributed by atoms with van der Waals surface area (Å²) in [5.74, 6) is -0.364. The van der Waals surface area contributed by atoms with Crippen molar-refractivity contribution in [3.8, 4) is 0 Å². The van der Waals surface area contributed by atoms with Crippen molar-refractivity contribution in [3.05, 3.63) is 28.9 Å². The summed E-state index contributed by atoms with van der Waals surface area (Å²) in [7, 11) is 0. The van der Waals surface area contributed by atoms with E-state index in [2.05, 4.69) is 10.2 Å². The molecule has 3 rings (SSSR count). The van der Waals surface area contributed by atoms with Crippen LogP contribution in [-0.2, 0) is 12.8 Å². The van der Waals surface area contributed by atoms with Crippen LogP contribution in [0.5, 0.6) is 0 Å².